The molecule has 0 saturated carbocycles. The zero-order valence-corrected chi connectivity index (χ0v) is 12.8. The molecule has 1 aromatic carbocycles. The Kier molecular flexibility index (Phi) is 7.22. The zero-order chi connectivity index (χ0) is 15.8. The van der Waals surface area contributed by atoms with Gasteiger partial charge in [0.15, 0.2) is 0 Å². The molecule has 0 fully saturated rings. The first-order valence-electron chi connectivity index (χ1n) is 7.27. The molecule has 0 aromatic heterocycles. The molecule has 1 aliphatic carbocycles. The minimum atomic E-state index is -0.889. The summed E-state index contributed by atoms with van der Waals surface area (Å²) in [6.45, 7) is 4.64. The maximum Gasteiger partial charge on any atom is 0.123 e. The molecule has 0 spiro atoms. The lowest BCUT2D eigenvalue weighted by Crippen LogP contribution is -2.29. The van der Waals surface area contributed by atoms with Crippen molar-refractivity contribution >= 4 is 6.08 Å². The Morgan fingerprint density at radius 3 is 2.76 bits per heavy atom. The van der Waals surface area contributed by atoms with Gasteiger partial charge in [0.1, 0.15) is 30.3 Å². The molecule has 0 heterocycles. The molecule has 21 heavy (non-hydrogen) atoms. The van der Waals surface area contributed by atoms with Crippen LogP contribution in [0.4, 0.5) is 0 Å². The molecule has 0 aliphatic heterocycles. The van der Waals surface area contributed by atoms with Crippen LogP contribution >= 0.6 is 0 Å². The molecule has 0 radical (unpaired) electrons. The summed E-state index contributed by atoms with van der Waals surface area (Å²) in [6.07, 6.45) is 0.383. The van der Waals surface area contributed by atoms with Gasteiger partial charge in [-0.25, -0.2) is 0 Å². The highest BCUT2D eigenvalue weighted by Gasteiger charge is 2.21. The van der Waals surface area contributed by atoms with Crippen molar-refractivity contribution in [2.75, 3.05) is 20.2 Å². The van der Waals surface area contributed by atoms with Gasteiger partial charge in [-0.05, 0) is 24.8 Å². The third kappa shape index (κ3) is 4.74. The Morgan fingerprint density at radius 2 is 2.10 bits per heavy atom. The Hall–Kier alpha value is -1.56. The van der Waals surface area contributed by atoms with Crippen LogP contribution in [0.15, 0.2) is 24.0 Å². The van der Waals surface area contributed by atoms with E-state index >= 15 is 0 Å². The highest BCUT2D eigenvalue weighted by molar-refractivity contribution is 5.62. The van der Waals surface area contributed by atoms with Crippen molar-refractivity contribution in [3.8, 4) is 5.75 Å². The van der Waals surface area contributed by atoms with E-state index in [4.69, 9.17) is 4.74 Å². The van der Waals surface area contributed by atoms with Crippen LogP contribution in [-0.2, 0) is 6.42 Å². The Labute approximate surface area is 125 Å². The average molecular weight is 295 g/mol. The molecule has 1 aromatic rings. The third-order valence-corrected chi connectivity index (χ3v) is 3.08. The van der Waals surface area contributed by atoms with Gasteiger partial charge in [-0.2, -0.15) is 0 Å². The van der Waals surface area contributed by atoms with Gasteiger partial charge < -0.3 is 25.4 Å². The molecular weight excluding hydrogens is 270 g/mol. The molecular formula is C16H25NO4. The highest BCUT2D eigenvalue weighted by Crippen LogP contribution is 2.30. The van der Waals surface area contributed by atoms with Crippen molar-refractivity contribution in [1.29, 1.82) is 0 Å². The summed E-state index contributed by atoms with van der Waals surface area (Å²) in [5.41, 5.74) is 1.69. The first-order valence-corrected chi connectivity index (χ1v) is 7.27. The van der Waals surface area contributed by atoms with Crippen LogP contribution in [0, 0.1) is 0 Å². The van der Waals surface area contributed by atoms with Gasteiger partial charge in [0.25, 0.3) is 0 Å². The predicted molar refractivity (Wildman–Crippen MR) is 83.5 cm³/mol. The molecule has 1 aliphatic rings. The van der Waals surface area contributed by atoms with Crippen molar-refractivity contribution in [3.63, 3.8) is 0 Å². The quantitative estimate of drug-likeness (QED) is 0.661. The first kappa shape index (κ1) is 17.5. The van der Waals surface area contributed by atoms with Gasteiger partial charge in [0.2, 0.25) is 0 Å². The summed E-state index contributed by atoms with van der Waals surface area (Å²) in [4.78, 5) is 0. The van der Waals surface area contributed by atoms with E-state index in [9.17, 15) is 15.3 Å². The molecule has 0 amide bonds. The summed E-state index contributed by atoms with van der Waals surface area (Å²) in [7, 11) is 1.76. The van der Waals surface area contributed by atoms with Crippen LogP contribution in [0.3, 0.4) is 0 Å². The smallest absolute Gasteiger partial charge is 0.123 e. The van der Waals surface area contributed by atoms with Crippen LogP contribution in [0.5, 0.6) is 5.75 Å². The number of aliphatic hydroxyl groups is 3. The molecule has 2 atom stereocenters. The van der Waals surface area contributed by atoms with Crippen LogP contribution in [0.25, 0.3) is 6.08 Å². The van der Waals surface area contributed by atoms with Gasteiger partial charge in [0, 0.05) is 18.5 Å². The Morgan fingerprint density at radius 1 is 1.38 bits per heavy atom. The second-order valence-electron chi connectivity index (χ2n) is 4.64. The molecule has 4 N–H and O–H groups in total. The second-order valence-corrected chi connectivity index (χ2v) is 4.64. The number of fused-ring (bicyclic) bond motifs is 1. The number of hydrogen-bond donors (Lipinski definition) is 4. The van der Waals surface area contributed by atoms with Crippen LogP contribution in [0.1, 0.15) is 25.0 Å². The monoisotopic (exact) mass is 295 g/mol. The van der Waals surface area contributed by atoms with Crippen molar-refractivity contribution in [2.24, 2.45) is 0 Å². The van der Waals surface area contributed by atoms with Gasteiger partial charge in [-0.3, -0.25) is 0 Å². The molecule has 0 unspecified atom stereocenters. The fourth-order valence-electron chi connectivity index (χ4n) is 2.11. The summed E-state index contributed by atoms with van der Waals surface area (Å²) < 4.78 is 5.59. The van der Waals surface area contributed by atoms with E-state index in [1.165, 1.54) is 0 Å². The zero-order valence-electron chi connectivity index (χ0n) is 12.8. The van der Waals surface area contributed by atoms with E-state index in [1.807, 2.05) is 26.0 Å². The van der Waals surface area contributed by atoms with E-state index in [1.54, 1.807) is 19.2 Å². The molecule has 0 bridgehead atoms. The van der Waals surface area contributed by atoms with Crippen LogP contribution in [0.2, 0.25) is 0 Å². The van der Waals surface area contributed by atoms with Crippen LogP contribution in [-0.4, -0.2) is 47.7 Å². The number of rotatable bonds is 5. The summed E-state index contributed by atoms with van der Waals surface area (Å²) in [6, 6.07) is 5.47. The molecule has 0 saturated heterocycles. The molecule has 5 nitrogen and oxygen atoms in total. The highest BCUT2D eigenvalue weighted by atomic mass is 16.5. The number of likely N-dealkylation sites (N-methyl/N-ethyl adjacent to an activating group) is 1. The third-order valence-electron chi connectivity index (χ3n) is 3.08. The van der Waals surface area contributed by atoms with Gasteiger partial charge in [0.05, 0.1) is 0 Å². The SMILES string of the molecule is CC.CNC[C@@H](O)COc1cccc2c1C[C@@H](O)C(O)=C2. The van der Waals surface area contributed by atoms with E-state index in [0.717, 1.165) is 11.1 Å². The van der Waals surface area contributed by atoms with Gasteiger partial charge in [-0.1, -0.05) is 26.0 Å². The maximum absolute atomic E-state index is 9.68. The summed E-state index contributed by atoms with van der Waals surface area (Å²) in [5, 5.41) is 31.7. The fourth-order valence-corrected chi connectivity index (χ4v) is 2.11. The van der Waals surface area contributed by atoms with Gasteiger partial charge >= 0.3 is 0 Å². The van der Waals surface area contributed by atoms with Gasteiger partial charge in [-0.15, -0.1) is 0 Å². The lowest BCUT2D eigenvalue weighted by Gasteiger charge is -2.21. The standard InChI is InChI=1S/C14H19NO4.C2H6/c1-15-7-10(16)8-19-14-4-2-3-9-5-12(17)13(18)6-11(9)14;1-2/h2-5,10,13,15-18H,6-8H2,1H3;1-2H3/t10-,13-;/m1./s1. The van der Waals surface area contributed by atoms with Crippen molar-refractivity contribution in [2.45, 2.75) is 32.5 Å². The lowest BCUT2D eigenvalue weighted by molar-refractivity contribution is 0.106. The number of hydrogen-bond acceptors (Lipinski definition) is 5. The normalized spacial score (nSPS) is 18.0. The minimum Gasteiger partial charge on any atom is -0.510 e. The first-order chi connectivity index (χ1) is 10.1. The summed E-state index contributed by atoms with van der Waals surface area (Å²) in [5.74, 6) is 0.607. The minimum absolute atomic E-state index is 0.0279. The number of ether oxygens (including phenoxy) is 1. The average Bonchev–Trinajstić information content (AvgIpc) is 2.49. The molecule has 118 valence electrons. The predicted octanol–water partition coefficient (Wildman–Crippen LogP) is 1.49. The Bertz CT molecular complexity index is 473. The lowest BCUT2D eigenvalue weighted by atomic mass is 9.93. The second kappa shape index (κ2) is 8.67. The van der Waals surface area contributed by atoms with Crippen LogP contribution < -0.4 is 10.1 Å². The van der Waals surface area contributed by atoms with Crippen molar-refractivity contribution in [3.05, 3.63) is 35.1 Å². The van der Waals surface area contributed by atoms with E-state index in [0.29, 0.717) is 18.7 Å². The van der Waals surface area contributed by atoms with Crippen molar-refractivity contribution < 1.29 is 20.1 Å². The number of aliphatic hydroxyl groups excluding tert-OH is 3. The Balaban J connectivity index is 0.00000106. The largest absolute Gasteiger partial charge is 0.510 e. The fraction of sp³-hybridized carbons (Fsp3) is 0.500. The van der Waals surface area contributed by atoms with E-state index in [2.05, 4.69) is 5.32 Å². The number of benzene rings is 1. The van der Waals surface area contributed by atoms with E-state index < -0.39 is 12.2 Å². The van der Waals surface area contributed by atoms with Crippen molar-refractivity contribution in [1.82, 2.24) is 5.32 Å². The maximum atomic E-state index is 9.68. The topological polar surface area (TPSA) is 82.0 Å². The molecule has 2 rings (SSSR count). The number of nitrogens with one attached hydrogen (secondary N) is 1. The summed E-state index contributed by atoms with van der Waals surface area (Å²) >= 11 is 0. The molecule has 5 heteroatoms. The van der Waals surface area contributed by atoms with E-state index in [-0.39, 0.29) is 12.4 Å².